The van der Waals surface area contributed by atoms with E-state index >= 15 is 0 Å². The second kappa shape index (κ2) is 5.66. The van der Waals surface area contributed by atoms with Crippen LogP contribution in [0.4, 0.5) is 5.69 Å². The maximum Gasteiger partial charge on any atom is 0.273 e. The molecule has 1 aliphatic rings. The lowest BCUT2D eigenvalue weighted by atomic mass is 10.2. The summed E-state index contributed by atoms with van der Waals surface area (Å²) in [7, 11) is 1.39. The molecule has 1 heterocycles. The highest BCUT2D eigenvalue weighted by Crippen LogP contribution is 2.32. The number of nitro groups is 1. The van der Waals surface area contributed by atoms with Crippen molar-refractivity contribution in [3.8, 4) is 11.5 Å². The van der Waals surface area contributed by atoms with E-state index in [2.05, 4.69) is 0 Å². The van der Waals surface area contributed by atoms with Crippen LogP contribution in [-0.4, -0.2) is 42.5 Å². The molecule has 1 saturated heterocycles. The third-order valence-electron chi connectivity index (χ3n) is 2.97. The number of ether oxygens (including phenoxy) is 2. The van der Waals surface area contributed by atoms with Gasteiger partial charge in [0.15, 0.2) is 17.8 Å². The second-order valence-electron chi connectivity index (χ2n) is 4.13. The van der Waals surface area contributed by atoms with Gasteiger partial charge in [-0.25, -0.2) is 0 Å². The molecule has 0 aliphatic carbocycles. The van der Waals surface area contributed by atoms with E-state index in [0.717, 1.165) is 19.5 Å². The molecule has 102 valence electrons. The summed E-state index contributed by atoms with van der Waals surface area (Å²) in [5, 5.41) is 10.7. The highest BCUT2D eigenvalue weighted by atomic mass is 16.6. The standard InChI is InChI=1S/C12H14N2O5/c1-18-11-7-9(14(16)17)3-4-10(11)19-12(8-15)13-5-2-6-13/h3-4,7-8,12H,2,5-6H2,1H3. The van der Waals surface area contributed by atoms with Crippen molar-refractivity contribution in [3.05, 3.63) is 28.3 Å². The summed E-state index contributed by atoms with van der Waals surface area (Å²) in [6.45, 7) is 1.61. The highest BCUT2D eigenvalue weighted by molar-refractivity contribution is 5.58. The molecule has 7 nitrogen and oxygen atoms in total. The van der Waals surface area contributed by atoms with Gasteiger partial charge >= 0.3 is 0 Å². The summed E-state index contributed by atoms with van der Waals surface area (Å²) in [5.41, 5.74) is -0.0872. The van der Waals surface area contributed by atoms with E-state index in [1.165, 1.54) is 25.3 Å². The van der Waals surface area contributed by atoms with Crippen LogP contribution in [0, 0.1) is 10.1 Å². The number of hydrogen-bond donors (Lipinski definition) is 0. The van der Waals surface area contributed by atoms with Gasteiger partial charge in [-0.2, -0.15) is 0 Å². The van der Waals surface area contributed by atoms with Crippen molar-refractivity contribution in [3.63, 3.8) is 0 Å². The molecular formula is C12H14N2O5. The fourth-order valence-electron chi connectivity index (χ4n) is 1.78. The molecular weight excluding hydrogens is 252 g/mol. The van der Waals surface area contributed by atoms with E-state index in [1.807, 2.05) is 4.90 Å². The van der Waals surface area contributed by atoms with Crippen LogP contribution in [0.25, 0.3) is 0 Å². The van der Waals surface area contributed by atoms with Crippen molar-refractivity contribution >= 4 is 12.0 Å². The number of rotatable bonds is 6. The Bertz CT molecular complexity index is 487. The Balaban J connectivity index is 2.18. The Morgan fingerprint density at radius 3 is 2.63 bits per heavy atom. The van der Waals surface area contributed by atoms with E-state index in [-0.39, 0.29) is 11.4 Å². The topological polar surface area (TPSA) is 81.9 Å². The molecule has 0 N–H and O–H groups in total. The number of nitrogens with zero attached hydrogens (tertiary/aromatic N) is 2. The normalized spacial score (nSPS) is 16.3. The van der Waals surface area contributed by atoms with Gasteiger partial charge in [0, 0.05) is 19.2 Å². The van der Waals surface area contributed by atoms with Gasteiger partial charge in [-0.1, -0.05) is 0 Å². The highest BCUT2D eigenvalue weighted by Gasteiger charge is 2.26. The van der Waals surface area contributed by atoms with Gasteiger partial charge < -0.3 is 9.47 Å². The molecule has 1 unspecified atom stereocenters. The minimum Gasteiger partial charge on any atom is -0.493 e. The number of aldehydes is 1. The van der Waals surface area contributed by atoms with Gasteiger partial charge in [0.2, 0.25) is 6.23 Å². The smallest absolute Gasteiger partial charge is 0.273 e. The molecule has 1 fully saturated rings. The molecule has 0 amide bonds. The van der Waals surface area contributed by atoms with Crippen LogP contribution in [0.15, 0.2) is 18.2 Å². The maximum atomic E-state index is 11.0. The van der Waals surface area contributed by atoms with Crippen molar-refractivity contribution in [2.75, 3.05) is 20.2 Å². The van der Waals surface area contributed by atoms with Crippen molar-refractivity contribution in [1.82, 2.24) is 4.90 Å². The monoisotopic (exact) mass is 266 g/mol. The van der Waals surface area contributed by atoms with E-state index < -0.39 is 11.2 Å². The number of carbonyl (C=O) groups excluding carboxylic acids is 1. The van der Waals surface area contributed by atoms with Gasteiger partial charge in [-0.3, -0.25) is 19.8 Å². The molecule has 1 aromatic carbocycles. The summed E-state index contributed by atoms with van der Waals surface area (Å²) in [5.74, 6) is 0.554. The zero-order valence-corrected chi connectivity index (χ0v) is 10.4. The second-order valence-corrected chi connectivity index (χ2v) is 4.13. The number of hydrogen-bond acceptors (Lipinski definition) is 6. The van der Waals surface area contributed by atoms with Crippen LogP contribution in [0.1, 0.15) is 6.42 Å². The van der Waals surface area contributed by atoms with Crippen LogP contribution in [0.5, 0.6) is 11.5 Å². The van der Waals surface area contributed by atoms with Gasteiger partial charge in [-0.15, -0.1) is 0 Å². The van der Waals surface area contributed by atoms with Crippen LogP contribution in [-0.2, 0) is 4.79 Å². The Morgan fingerprint density at radius 2 is 2.16 bits per heavy atom. The summed E-state index contributed by atoms with van der Waals surface area (Å²) >= 11 is 0. The van der Waals surface area contributed by atoms with Gasteiger partial charge in [0.05, 0.1) is 18.1 Å². The number of likely N-dealkylation sites (tertiary alicyclic amines) is 1. The Labute approximate surface area is 109 Å². The predicted octanol–water partition coefficient (Wildman–Crippen LogP) is 1.21. The van der Waals surface area contributed by atoms with Gasteiger partial charge in [0.1, 0.15) is 0 Å². The molecule has 1 aliphatic heterocycles. The number of non-ortho nitro benzene ring substituents is 1. The lowest BCUT2D eigenvalue weighted by molar-refractivity contribution is -0.385. The number of methoxy groups -OCH3 is 1. The Hall–Kier alpha value is -2.15. The maximum absolute atomic E-state index is 11.0. The lowest BCUT2D eigenvalue weighted by Crippen LogP contribution is -2.48. The first-order valence-electron chi connectivity index (χ1n) is 5.84. The summed E-state index contributed by atoms with van der Waals surface area (Å²) < 4.78 is 10.6. The van der Waals surface area contributed by atoms with E-state index in [9.17, 15) is 14.9 Å². The number of carbonyl (C=O) groups is 1. The molecule has 0 saturated carbocycles. The van der Waals surface area contributed by atoms with Crippen LogP contribution in [0.3, 0.4) is 0 Å². The summed E-state index contributed by atoms with van der Waals surface area (Å²) in [4.78, 5) is 23.0. The fourth-order valence-corrected chi connectivity index (χ4v) is 1.78. The Morgan fingerprint density at radius 1 is 1.42 bits per heavy atom. The predicted molar refractivity (Wildman–Crippen MR) is 66.3 cm³/mol. The first-order valence-corrected chi connectivity index (χ1v) is 5.84. The van der Waals surface area contributed by atoms with Crippen LogP contribution >= 0.6 is 0 Å². The van der Waals surface area contributed by atoms with Crippen molar-refractivity contribution in [1.29, 1.82) is 0 Å². The van der Waals surface area contributed by atoms with E-state index in [0.29, 0.717) is 12.0 Å². The molecule has 0 aromatic heterocycles. The van der Waals surface area contributed by atoms with Gasteiger partial charge in [-0.05, 0) is 12.5 Å². The van der Waals surface area contributed by atoms with Crippen LogP contribution < -0.4 is 9.47 Å². The minimum absolute atomic E-state index is 0.0872. The van der Waals surface area contributed by atoms with Crippen molar-refractivity contribution in [2.45, 2.75) is 12.6 Å². The van der Waals surface area contributed by atoms with Crippen molar-refractivity contribution < 1.29 is 19.2 Å². The minimum atomic E-state index is -0.677. The van der Waals surface area contributed by atoms with E-state index in [4.69, 9.17) is 9.47 Å². The quantitative estimate of drug-likeness (QED) is 0.437. The first-order chi connectivity index (χ1) is 9.15. The average molecular weight is 266 g/mol. The zero-order chi connectivity index (χ0) is 13.8. The summed E-state index contributed by atoms with van der Waals surface area (Å²) in [6, 6.07) is 4.02. The number of benzene rings is 1. The summed E-state index contributed by atoms with van der Waals surface area (Å²) in [6.07, 6.45) is 1.06. The lowest BCUT2D eigenvalue weighted by Gasteiger charge is -2.35. The molecule has 19 heavy (non-hydrogen) atoms. The third-order valence-corrected chi connectivity index (χ3v) is 2.97. The molecule has 7 heteroatoms. The SMILES string of the molecule is COc1cc([N+](=O)[O-])ccc1OC(C=O)N1CCC1. The van der Waals surface area contributed by atoms with E-state index in [1.54, 1.807) is 0 Å². The third kappa shape index (κ3) is 2.82. The molecule has 2 rings (SSSR count). The largest absolute Gasteiger partial charge is 0.493 e. The molecule has 0 spiro atoms. The molecule has 1 aromatic rings. The first kappa shape index (κ1) is 13.3. The van der Waals surface area contributed by atoms with Crippen molar-refractivity contribution in [2.24, 2.45) is 0 Å². The number of nitro benzene ring substituents is 1. The molecule has 1 atom stereocenters. The molecule has 0 radical (unpaired) electrons. The fraction of sp³-hybridized carbons (Fsp3) is 0.417. The Kier molecular flexibility index (Phi) is 3.96. The van der Waals surface area contributed by atoms with Crippen LogP contribution in [0.2, 0.25) is 0 Å². The molecule has 0 bridgehead atoms. The van der Waals surface area contributed by atoms with Gasteiger partial charge in [0.25, 0.3) is 5.69 Å². The average Bonchev–Trinajstić information content (AvgIpc) is 2.35. The zero-order valence-electron chi connectivity index (χ0n) is 10.4.